The highest BCUT2D eigenvalue weighted by molar-refractivity contribution is 6.34. The summed E-state index contributed by atoms with van der Waals surface area (Å²) in [6.45, 7) is 1.96. The van der Waals surface area contributed by atoms with E-state index in [9.17, 15) is 4.79 Å². The SMILES string of the molecule is CCc1cn[nH]c1NC(=O)c1cc(Cl)nnc1Cl. The highest BCUT2D eigenvalue weighted by Crippen LogP contribution is 2.18. The summed E-state index contributed by atoms with van der Waals surface area (Å²) in [7, 11) is 0. The molecule has 1 amide bonds. The van der Waals surface area contributed by atoms with Gasteiger partial charge in [0.25, 0.3) is 5.91 Å². The smallest absolute Gasteiger partial charge is 0.260 e. The molecular weight excluding hydrogens is 277 g/mol. The molecule has 0 spiro atoms. The molecule has 0 aliphatic heterocycles. The Hall–Kier alpha value is -1.66. The molecule has 0 atom stereocenters. The van der Waals surface area contributed by atoms with E-state index in [-0.39, 0.29) is 15.9 Å². The quantitative estimate of drug-likeness (QED) is 0.907. The molecular formula is C10H9Cl2N5O. The summed E-state index contributed by atoms with van der Waals surface area (Å²) >= 11 is 11.5. The van der Waals surface area contributed by atoms with Crippen LogP contribution in [-0.2, 0) is 6.42 Å². The molecule has 0 saturated heterocycles. The van der Waals surface area contributed by atoms with Crippen LogP contribution in [-0.4, -0.2) is 26.3 Å². The van der Waals surface area contributed by atoms with Gasteiger partial charge in [0.15, 0.2) is 10.3 Å². The maximum atomic E-state index is 12.0. The third kappa shape index (κ3) is 2.60. The second-order valence-electron chi connectivity index (χ2n) is 3.45. The monoisotopic (exact) mass is 285 g/mol. The Bertz CT molecular complexity index is 583. The Morgan fingerprint density at radius 3 is 2.94 bits per heavy atom. The average Bonchev–Trinajstić information content (AvgIpc) is 2.79. The van der Waals surface area contributed by atoms with Crippen LogP contribution >= 0.6 is 23.2 Å². The zero-order chi connectivity index (χ0) is 13.1. The van der Waals surface area contributed by atoms with Gasteiger partial charge in [-0.05, 0) is 12.5 Å². The Morgan fingerprint density at radius 2 is 2.22 bits per heavy atom. The van der Waals surface area contributed by atoms with Crippen molar-refractivity contribution < 1.29 is 4.79 Å². The van der Waals surface area contributed by atoms with Crippen LogP contribution in [0.4, 0.5) is 5.82 Å². The van der Waals surface area contributed by atoms with Crippen molar-refractivity contribution in [2.45, 2.75) is 13.3 Å². The van der Waals surface area contributed by atoms with Gasteiger partial charge >= 0.3 is 0 Å². The number of carbonyl (C=O) groups is 1. The summed E-state index contributed by atoms with van der Waals surface area (Å²) in [5.41, 5.74) is 1.06. The highest BCUT2D eigenvalue weighted by Gasteiger charge is 2.15. The summed E-state index contributed by atoms with van der Waals surface area (Å²) in [6.07, 6.45) is 2.39. The topological polar surface area (TPSA) is 83.6 Å². The van der Waals surface area contributed by atoms with E-state index in [1.54, 1.807) is 6.20 Å². The van der Waals surface area contributed by atoms with Crippen molar-refractivity contribution in [3.05, 3.63) is 33.7 Å². The molecule has 8 heteroatoms. The first-order valence-corrected chi connectivity index (χ1v) is 5.89. The second-order valence-corrected chi connectivity index (χ2v) is 4.19. The number of aromatic nitrogens is 4. The standard InChI is InChI=1S/C10H9Cl2N5O/c1-2-5-4-13-17-9(5)14-10(18)6-3-7(11)15-16-8(6)12/h3-4H,2H2,1H3,(H2,13,14,17,18). The summed E-state index contributed by atoms with van der Waals surface area (Å²) < 4.78 is 0. The van der Waals surface area contributed by atoms with Crippen molar-refractivity contribution in [3.8, 4) is 0 Å². The summed E-state index contributed by atoms with van der Waals surface area (Å²) in [5, 5.41) is 16.4. The minimum atomic E-state index is -0.421. The summed E-state index contributed by atoms with van der Waals surface area (Å²) in [6, 6.07) is 1.36. The van der Waals surface area contributed by atoms with Crippen molar-refractivity contribution in [2.24, 2.45) is 0 Å². The number of aryl methyl sites for hydroxylation is 1. The number of hydrogen-bond acceptors (Lipinski definition) is 4. The fourth-order valence-corrected chi connectivity index (χ4v) is 1.71. The van der Waals surface area contributed by atoms with Crippen LogP contribution in [0.25, 0.3) is 0 Å². The van der Waals surface area contributed by atoms with E-state index in [0.717, 1.165) is 12.0 Å². The maximum absolute atomic E-state index is 12.0. The molecule has 0 bridgehead atoms. The van der Waals surface area contributed by atoms with E-state index < -0.39 is 5.91 Å². The molecule has 0 aliphatic rings. The average molecular weight is 286 g/mol. The lowest BCUT2D eigenvalue weighted by Crippen LogP contribution is -2.14. The number of carbonyl (C=O) groups excluding carboxylic acids is 1. The Labute approximate surface area is 113 Å². The highest BCUT2D eigenvalue weighted by atomic mass is 35.5. The van der Waals surface area contributed by atoms with E-state index in [2.05, 4.69) is 25.7 Å². The molecule has 0 aromatic carbocycles. The third-order valence-electron chi connectivity index (χ3n) is 2.30. The largest absolute Gasteiger partial charge is 0.307 e. The zero-order valence-electron chi connectivity index (χ0n) is 9.37. The summed E-state index contributed by atoms with van der Waals surface area (Å²) in [4.78, 5) is 12.0. The number of aromatic amines is 1. The van der Waals surface area contributed by atoms with E-state index in [1.165, 1.54) is 6.07 Å². The van der Waals surface area contributed by atoms with E-state index in [1.807, 2.05) is 6.92 Å². The lowest BCUT2D eigenvalue weighted by Gasteiger charge is -2.05. The van der Waals surface area contributed by atoms with Crippen LogP contribution < -0.4 is 5.32 Å². The molecule has 0 unspecified atom stereocenters. The predicted molar refractivity (Wildman–Crippen MR) is 68.0 cm³/mol. The van der Waals surface area contributed by atoms with E-state index >= 15 is 0 Å². The molecule has 2 N–H and O–H groups in total. The third-order valence-corrected chi connectivity index (χ3v) is 2.76. The number of amides is 1. The fourth-order valence-electron chi connectivity index (χ4n) is 1.38. The van der Waals surface area contributed by atoms with Crippen LogP contribution in [0.5, 0.6) is 0 Å². The lowest BCUT2D eigenvalue weighted by atomic mass is 10.2. The first-order chi connectivity index (χ1) is 8.61. The molecule has 2 aromatic heterocycles. The number of nitrogens with one attached hydrogen (secondary N) is 2. The molecule has 0 aliphatic carbocycles. The molecule has 2 aromatic rings. The van der Waals surface area contributed by atoms with Crippen LogP contribution in [0.2, 0.25) is 10.3 Å². The number of nitrogens with zero attached hydrogens (tertiary/aromatic N) is 3. The van der Waals surface area contributed by atoms with Crippen molar-refractivity contribution >= 4 is 34.9 Å². The van der Waals surface area contributed by atoms with Gasteiger partial charge in [0.2, 0.25) is 0 Å². The second kappa shape index (κ2) is 5.32. The van der Waals surface area contributed by atoms with Crippen LogP contribution in [0.15, 0.2) is 12.3 Å². The van der Waals surface area contributed by atoms with E-state index in [4.69, 9.17) is 23.2 Å². The molecule has 0 radical (unpaired) electrons. The minimum Gasteiger partial charge on any atom is -0.307 e. The minimum absolute atomic E-state index is 0.00513. The first-order valence-electron chi connectivity index (χ1n) is 5.14. The number of anilines is 1. The molecule has 94 valence electrons. The van der Waals surface area contributed by atoms with E-state index in [0.29, 0.717) is 5.82 Å². The predicted octanol–water partition coefficient (Wildman–Crippen LogP) is 2.32. The number of halogens is 2. The van der Waals surface area contributed by atoms with Crippen molar-refractivity contribution in [1.82, 2.24) is 20.4 Å². The first kappa shape index (κ1) is 12.8. The van der Waals surface area contributed by atoms with Gasteiger partial charge < -0.3 is 5.32 Å². The van der Waals surface area contributed by atoms with Gasteiger partial charge in [-0.1, -0.05) is 30.1 Å². The molecule has 18 heavy (non-hydrogen) atoms. The van der Waals surface area contributed by atoms with Crippen LogP contribution in [0, 0.1) is 0 Å². The molecule has 6 nitrogen and oxygen atoms in total. The van der Waals surface area contributed by atoms with Gasteiger partial charge in [-0.3, -0.25) is 9.89 Å². The number of H-pyrrole nitrogens is 1. The Kier molecular flexibility index (Phi) is 3.78. The number of rotatable bonds is 3. The molecule has 2 rings (SSSR count). The van der Waals surface area contributed by atoms with Crippen molar-refractivity contribution in [2.75, 3.05) is 5.32 Å². The van der Waals surface area contributed by atoms with Crippen molar-refractivity contribution in [3.63, 3.8) is 0 Å². The van der Waals surface area contributed by atoms with Gasteiger partial charge in [0.05, 0.1) is 11.8 Å². The summed E-state index contributed by atoms with van der Waals surface area (Å²) in [5.74, 6) is 0.113. The maximum Gasteiger partial charge on any atom is 0.260 e. The number of hydrogen-bond donors (Lipinski definition) is 2. The van der Waals surface area contributed by atoms with Gasteiger partial charge in [0.1, 0.15) is 5.82 Å². The van der Waals surface area contributed by atoms with Crippen molar-refractivity contribution in [1.29, 1.82) is 0 Å². The Morgan fingerprint density at radius 1 is 1.44 bits per heavy atom. The Balaban J connectivity index is 2.25. The zero-order valence-corrected chi connectivity index (χ0v) is 10.9. The molecule has 0 fully saturated rings. The van der Waals surface area contributed by atoms with Gasteiger partial charge in [-0.25, -0.2) is 0 Å². The van der Waals surface area contributed by atoms with Crippen LogP contribution in [0.1, 0.15) is 22.8 Å². The van der Waals surface area contributed by atoms with Gasteiger partial charge in [0, 0.05) is 5.56 Å². The fraction of sp³-hybridized carbons (Fsp3) is 0.200. The normalized spacial score (nSPS) is 10.4. The van der Waals surface area contributed by atoms with Crippen LogP contribution in [0.3, 0.4) is 0 Å². The molecule has 2 heterocycles. The lowest BCUT2D eigenvalue weighted by molar-refractivity contribution is 0.102. The van der Waals surface area contributed by atoms with Gasteiger partial charge in [-0.15, -0.1) is 10.2 Å². The molecule has 0 saturated carbocycles. The van der Waals surface area contributed by atoms with Gasteiger partial charge in [-0.2, -0.15) is 5.10 Å².